The van der Waals surface area contributed by atoms with Crippen LogP contribution in [-0.4, -0.2) is 0 Å². The number of nitrogens with zero attached hydrogens (tertiary/aromatic N) is 1. The minimum absolute atomic E-state index is 0. The van der Waals surface area contributed by atoms with Crippen LogP contribution in [0.25, 0.3) is 16.3 Å². The first-order valence-corrected chi connectivity index (χ1v) is 5.13. The highest BCUT2D eigenvalue weighted by molar-refractivity contribution is 5.84. The number of pyridine rings is 2. The number of rotatable bonds is 0. The molecule has 0 radical (unpaired) electrons. The Morgan fingerprint density at radius 2 is 1.81 bits per heavy atom. The predicted molar refractivity (Wildman–Crippen MR) is 61.8 cm³/mol. The lowest BCUT2D eigenvalue weighted by molar-refractivity contribution is -0.510. The fourth-order valence-electron chi connectivity index (χ4n) is 1.95. The standard InChI is InChI=1S/C14H12N.BrH/c1-11-5-6-12-10-15-7-3-2-4-14(15)9-13(12)8-11;/h2-10H,1H3;1H/q+1;/p-1. The first kappa shape index (κ1) is 11.1. The van der Waals surface area contributed by atoms with E-state index in [1.807, 2.05) is 6.07 Å². The maximum atomic E-state index is 2.22. The highest BCUT2D eigenvalue weighted by atomic mass is 79.9. The zero-order valence-corrected chi connectivity index (χ0v) is 10.6. The van der Waals surface area contributed by atoms with Crippen LogP contribution >= 0.6 is 0 Å². The lowest BCUT2D eigenvalue weighted by atomic mass is 10.1. The first-order chi connectivity index (χ1) is 7.33. The zero-order chi connectivity index (χ0) is 10.3. The monoisotopic (exact) mass is 273 g/mol. The highest BCUT2D eigenvalue weighted by Crippen LogP contribution is 2.15. The van der Waals surface area contributed by atoms with Gasteiger partial charge in [-0.05, 0) is 24.4 Å². The molecule has 0 amide bonds. The minimum Gasteiger partial charge on any atom is -1.00 e. The first-order valence-electron chi connectivity index (χ1n) is 5.13. The third-order valence-corrected chi connectivity index (χ3v) is 2.75. The Labute approximate surface area is 105 Å². The van der Waals surface area contributed by atoms with E-state index >= 15 is 0 Å². The van der Waals surface area contributed by atoms with Gasteiger partial charge < -0.3 is 17.0 Å². The zero-order valence-electron chi connectivity index (χ0n) is 9.02. The maximum absolute atomic E-state index is 2.22. The maximum Gasteiger partial charge on any atom is 0.211 e. The van der Waals surface area contributed by atoms with Crippen LogP contribution in [0.5, 0.6) is 0 Å². The van der Waals surface area contributed by atoms with Crippen molar-refractivity contribution in [2.24, 2.45) is 0 Å². The average molecular weight is 274 g/mol. The van der Waals surface area contributed by atoms with Crippen LogP contribution in [0, 0.1) is 6.92 Å². The molecule has 0 fully saturated rings. The minimum atomic E-state index is 0. The van der Waals surface area contributed by atoms with E-state index in [0.29, 0.717) is 0 Å². The topological polar surface area (TPSA) is 4.10 Å². The summed E-state index contributed by atoms with van der Waals surface area (Å²) in [7, 11) is 0. The Morgan fingerprint density at radius 3 is 2.69 bits per heavy atom. The molecule has 0 spiro atoms. The van der Waals surface area contributed by atoms with Gasteiger partial charge in [-0.2, -0.15) is 4.40 Å². The van der Waals surface area contributed by atoms with Crippen molar-refractivity contribution in [3.63, 3.8) is 0 Å². The lowest BCUT2D eigenvalue weighted by Gasteiger charge is -1.98. The summed E-state index contributed by atoms with van der Waals surface area (Å²) in [6.07, 6.45) is 4.25. The lowest BCUT2D eigenvalue weighted by Crippen LogP contribution is -3.00. The Balaban J connectivity index is 0.000000963. The van der Waals surface area contributed by atoms with Crippen molar-refractivity contribution in [3.05, 3.63) is 60.4 Å². The number of aryl methyl sites for hydroxylation is 1. The quantitative estimate of drug-likeness (QED) is 0.398. The molecule has 0 atom stereocenters. The predicted octanol–water partition coefficient (Wildman–Crippen LogP) is -0.109. The van der Waals surface area contributed by atoms with Crippen molar-refractivity contribution in [1.29, 1.82) is 0 Å². The molecule has 3 rings (SSSR count). The van der Waals surface area contributed by atoms with E-state index in [4.69, 9.17) is 0 Å². The molecule has 16 heavy (non-hydrogen) atoms. The highest BCUT2D eigenvalue weighted by Gasteiger charge is 2.03. The van der Waals surface area contributed by atoms with Crippen LogP contribution in [0.1, 0.15) is 5.56 Å². The van der Waals surface area contributed by atoms with E-state index in [9.17, 15) is 0 Å². The third-order valence-electron chi connectivity index (χ3n) is 2.75. The van der Waals surface area contributed by atoms with Crippen molar-refractivity contribution >= 4 is 16.3 Å². The van der Waals surface area contributed by atoms with Gasteiger partial charge in [-0.3, -0.25) is 0 Å². The van der Waals surface area contributed by atoms with Crippen LogP contribution in [-0.2, 0) is 0 Å². The second-order valence-electron chi connectivity index (χ2n) is 3.94. The van der Waals surface area contributed by atoms with Crippen LogP contribution in [0.3, 0.4) is 0 Å². The smallest absolute Gasteiger partial charge is 0.211 e. The van der Waals surface area contributed by atoms with E-state index < -0.39 is 0 Å². The molecule has 0 N–H and O–H groups in total. The largest absolute Gasteiger partial charge is 1.00 e. The molecule has 0 unspecified atom stereocenters. The average Bonchev–Trinajstić information content (AvgIpc) is 2.26. The Kier molecular flexibility index (Phi) is 2.92. The second-order valence-corrected chi connectivity index (χ2v) is 3.94. The molecule has 1 nitrogen and oxygen atoms in total. The van der Waals surface area contributed by atoms with Gasteiger partial charge in [0.25, 0.3) is 0 Å². The van der Waals surface area contributed by atoms with Gasteiger partial charge in [0.1, 0.15) is 0 Å². The molecular formula is C14H12BrN. The van der Waals surface area contributed by atoms with Gasteiger partial charge in [-0.1, -0.05) is 17.7 Å². The molecule has 0 aliphatic heterocycles. The molecule has 0 saturated carbocycles. The van der Waals surface area contributed by atoms with Crippen LogP contribution in [0.15, 0.2) is 54.9 Å². The van der Waals surface area contributed by atoms with E-state index in [-0.39, 0.29) is 17.0 Å². The van der Waals surface area contributed by atoms with E-state index in [1.165, 1.54) is 21.9 Å². The number of hydrogen-bond acceptors (Lipinski definition) is 0. The number of hydrogen-bond donors (Lipinski definition) is 0. The summed E-state index contributed by atoms with van der Waals surface area (Å²) in [5.74, 6) is 0. The van der Waals surface area contributed by atoms with Crippen LogP contribution < -0.4 is 21.4 Å². The Bertz CT molecular complexity index is 646. The van der Waals surface area contributed by atoms with Gasteiger partial charge >= 0.3 is 0 Å². The summed E-state index contributed by atoms with van der Waals surface area (Å²) in [6, 6.07) is 15.0. The van der Waals surface area contributed by atoms with E-state index in [1.54, 1.807) is 0 Å². The summed E-state index contributed by atoms with van der Waals surface area (Å²) in [5, 5.41) is 2.59. The summed E-state index contributed by atoms with van der Waals surface area (Å²) in [5.41, 5.74) is 2.54. The van der Waals surface area contributed by atoms with E-state index in [0.717, 1.165) is 0 Å². The molecule has 3 aromatic rings. The van der Waals surface area contributed by atoms with Crippen molar-refractivity contribution in [3.8, 4) is 0 Å². The molecule has 80 valence electrons. The van der Waals surface area contributed by atoms with Crippen molar-refractivity contribution in [2.45, 2.75) is 6.92 Å². The number of fused-ring (bicyclic) bond motifs is 2. The van der Waals surface area contributed by atoms with Gasteiger partial charge in [-0.15, -0.1) is 0 Å². The van der Waals surface area contributed by atoms with Crippen molar-refractivity contribution in [2.75, 3.05) is 0 Å². The Hall–Kier alpha value is -1.41. The van der Waals surface area contributed by atoms with Crippen LogP contribution in [0.4, 0.5) is 0 Å². The van der Waals surface area contributed by atoms with Gasteiger partial charge in [0, 0.05) is 23.6 Å². The van der Waals surface area contributed by atoms with Crippen molar-refractivity contribution < 1.29 is 21.4 Å². The van der Waals surface area contributed by atoms with Crippen molar-refractivity contribution in [1.82, 2.24) is 0 Å². The summed E-state index contributed by atoms with van der Waals surface area (Å²) >= 11 is 0. The fourth-order valence-corrected chi connectivity index (χ4v) is 1.95. The Morgan fingerprint density at radius 1 is 0.938 bits per heavy atom. The SMILES string of the molecule is Cc1ccc2c[n+]3ccccc3cc2c1.[Br-]. The molecule has 0 aliphatic carbocycles. The molecule has 0 aliphatic rings. The molecule has 2 aromatic heterocycles. The van der Waals surface area contributed by atoms with Gasteiger partial charge in [-0.25, -0.2) is 0 Å². The third kappa shape index (κ3) is 1.81. The van der Waals surface area contributed by atoms with E-state index in [2.05, 4.69) is 60.1 Å². The summed E-state index contributed by atoms with van der Waals surface area (Å²) < 4.78 is 2.15. The van der Waals surface area contributed by atoms with Crippen LogP contribution in [0.2, 0.25) is 0 Å². The van der Waals surface area contributed by atoms with Gasteiger partial charge in [0.2, 0.25) is 5.52 Å². The fraction of sp³-hybridized carbons (Fsp3) is 0.0714. The number of benzene rings is 1. The normalized spacial score (nSPS) is 10.3. The van der Waals surface area contributed by atoms with Gasteiger partial charge in [0.05, 0.1) is 0 Å². The summed E-state index contributed by atoms with van der Waals surface area (Å²) in [6.45, 7) is 2.13. The van der Waals surface area contributed by atoms with Gasteiger partial charge in [0.15, 0.2) is 12.4 Å². The number of halogens is 1. The molecular weight excluding hydrogens is 262 g/mol. The molecule has 0 bridgehead atoms. The molecule has 1 aromatic carbocycles. The molecule has 2 heterocycles. The molecule has 2 heteroatoms. The second kappa shape index (κ2) is 4.22. The molecule has 0 saturated heterocycles. The summed E-state index contributed by atoms with van der Waals surface area (Å²) in [4.78, 5) is 0. The number of aromatic nitrogens is 1.